The highest BCUT2D eigenvalue weighted by atomic mass is 35.5. The Balaban J connectivity index is 1.79. The molecule has 3 nitrogen and oxygen atoms in total. The molecular formula is C20H16ClF3N2OS. The Hall–Kier alpha value is -2.38. The Bertz CT molecular complexity index is 1010. The molecule has 0 spiro atoms. The predicted molar refractivity (Wildman–Crippen MR) is 105 cm³/mol. The molecule has 1 heterocycles. The van der Waals surface area contributed by atoms with E-state index in [1.165, 1.54) is 17.4 Å². The third-order valence-electron chi connectivity index (χ3n) is 4.15. The molecule has 0 atom stereocenters. The summed E-state index contributed by atoms with van der Waals surface area (Å²) in [5.74, 6) is -0.294. The van der Waals surface area contributed by atoms with Crippen molar-refractivity contribution in [2.75, 3.05) is 5.32 Å². The minimum Gasteiger partial charge on any atom is -0.298 e. The molecule has 0 fully saturated rings. The highest BCUT2D eigenvalue weighted by Gasteiger charge is 2.31. The molecular weight excluding hydrogens is 409 g/mol. The van der Waals surface area contributed by atoms with Crippen molar-refractivity contribution in [2.45, 2.75) is 26.4 Å². The number of alkyl halides is 3. The Morgan fingerprint density at radius 3 is 2.46 bits per heavy atom. The van der Waals surface area contributed by atoms with Gasteiger partial charge in [-0.1, -0.05) is 29.3 Å². The summed E-state index contributed by atoms with van der Waals surface area (Å²) >= 11 is 7.30. The van der Waals surface area contributed by atoms with E-state index in [0.717, 1.165) is 22.6 Å². The first-order valence-corrected chi connectivity index (χ1v) is 9.53. The van der Waals surface area contributed by atoms with Gasteiger partial charge in [0.05, 0.1) is 11.3 Å². The van der Waals surface area contributed by atoms with Crippen LogP contribution in [0.25, 0.3) is 0 Å². The molecule has 3 rings (SSSR count). The van der Waals surface area contributed by atoms with E-state index in [9.17, 15) is 18.0 Å². The summed E-state index contributed by atoms with van der Waals surface area (Å²) in [5.41, 5.74) is 1.79. The first-order chi connectivity index (χ1) is 13.1. The van der Waals surface area contributed by atoms with Gasteiger partial charge in [0.15, 0.2) is 5.13 Å². The van der Waals surface area contributed by atoms with Crippen LogP contribution >= 0.6 is 22.9 Å². The van der Waals surface area contributed by atoms with E-state index in [1.807, 2.05) is 19.1 Å². The topological polar surface area (TPSA) is 42.0 Å². The number of carbonyl (C=O) groups excluding carboxylic acids is 1. The van der Waals surface area contributed by atoms with Gasteiger partial charge in [-0.25, -0.2) is 4.98 Å². The number of aryl methyl sites for hydroxylation is 2. The third-order valence-corrected chi connectivity index (χ3v) is 5.59. The standard InChI is InChI=1S/C20H16ClF3N2OS/c1-11-3-5-13(6-4-11)18(27)26-19-25-12(2)17(28-19)10-14-9-15(20(22,23)24)7-8-16(14)21/h3-9H,10H2,1-2H3,(H,25,26,27). The molecule has 3 aromatic rings. The number of nitrogens with one attached hydrogen (secondary N) is 1. The molecule has 1 aromatic heterocycles. The highest BCUT2D eigenvalue weighted by molar-refractivity contribution is 7.15. The number of nitrogens with zero attached hydrogens (tertiary/aromatic N) is 1. The van der Waals surface area contributed by atoms with Gasteiger partial charge in [-0.05, 0) is 49.7 Å². The minimum atomic E-state index is -4.44. The molecule has 0 bridgehead atoms. The smallest absolute Gasteiger partial charge is 0.298 e. The maximum atomic E-state index is 13.0. The van der Waals surface area contributed by atoms with Crippen LogP contribution in [0.2, 0.25) is 5.02 Å². The number of anilines is 1. The first-order valence-electron chi connectivity index (χ1n) is 8.33. The molecule has 28 heavy (non-hydrogen) atoms. The lowest BCUT2D eigenvalue weighted by atomic mass is 10.1. The number of halogens is 4. The Labute approximate surface area is 169 Å². The normalized spacial score (nSPS) is 11.5. The van der Waals surface area contributed by atoms with E-state index in [1.54, 1.807) is 19.1 Å². The SMILES string of the molecule is Cc1ccc(C(=O)Nc2nc(C)c(Cc3cc(C(F)(F)F)ccc3Cl)s2)cc1. The van der Waals surface area contributed by atoms with Crippen LogP contribution in [0.5, 0.6) is 0 Å². The van der Waals surface area contributed by atoms with Crippen molar-refractivity contribution in [3.63, 3.8) is 0 Å². The summed E-state index contributed by atoms with van der Waals surface area (Å²) < 4.78 is 38.9. The Morgan fingerprint density at radius 2 is 1.82 bits per heavy atom. The van der Waals surface area contributed by atoms with E-state index >= 15 is 0 Å². The van der Waals surface area contributed by atoms with Crippen molar-refractivity contribution >= 4 is 34.0 Å². The first kappa shape index (κ1) is 20.4. The molecule has 1 amide bonds. The van der Waals surface area contributed by atoms with Gasteiger partial charge < -0.3 is 0 Å². The van der Waals surface area contributed by atoms with E-state index < -0.39 is 11.7 Å². The van der Waals surface area contributed by atoms with Crippen molar-refractivity contribution < 1.29 is 18.0 Å². The van der Waals surface area contributed by atoms with Crippen LogP contribution in [0.15, 0.2) is 42.5 Å². The monoisotopic (exact) mass is 424 g/mol. The highest BCUT2D eigenvalue weighted by Crippen LogP contribution is 2.34. The van der Waals surface area contributed by atoms with Gasteiger partial charge in [-0.2, -0.15) is 13.2 Å². The molecule has 0 aliphatic heterocycles. The van der Waals surface area contributed by atoms with Crippen LogP contribution in [-0.4, -0.2) is 10.9 Å². The third kappa shape index (κ3) is 4.72. The lowest BCUT2D eigenvalue weighted by Gasteiger charge is -2.10. The average molecular weight is 425 g/mol. The predicted octanol–water partition coefficient (Wildman–Crippen LogP) is 6.28. The Morgan fingerprint density at radius 1 is 1.14 bits per heavy atom. The average Bonchev–Trinajstić information content (AvgIpc) is 2.95. The second-order valence-electron chi connectivity index (χ2n) is 6.33. The van der Waals surface area contributed by atoms with Crippen molar-refractivity contribution in [2.24, 2.45) is 0 Å². The maximum absolute atomic E-state index is 13.0. The zero-order chi connectivity index (χ0) is 20.5. The van der Waals surface area contributed by atoms with Crippen LogP contribution in [0, 0.1) is 13.8 Å². The van der Waals surface area contributed by atoms with Gasteiger partial charge in [-0.3, -0.25) is 10.1 Å². The summed E-state index contributed by atoms with van der Waals surface area (Å²) in [6.45, 7) is 3.67. The number of hydrogen-bond donors (Lipinski definition) is 1. The van der Waals surface area contributed by atoms with Crippen LogP contribution in [-0.2, 0) is 12.6 Å². The second kappa shape index (κ2) is 7.93. The molecule has 1 N–H and O–H groups in total. The van der Waals surface area contributed by atoms with Gasteiger partial charge >= 0.3 is 6.18 Å². The largest absolute Gasteiger partial charge is 0.416 e. The van der Waals surface area contributed by atoms with E-state index in [2.05, 4.69) is 10.3 Å². The number of benzene rings is 2. The van der Waals surface area contributed by atoms with Gasteiger partial charge in [0.1, 0.15) is 0 Å². The zero-order valence-corrected chi connectivity index (χ0v) is 16.6. The summed E-state index contributed by atoms with van der Waals surface area (Å²) in [6, 6.07) is 10.4. The number of aromatic nitrogens is 1. The van der Waals surface area contributed by atoms with Crippen molar-refractivity contribution in [3.05, 3.63) is 80.3 Å². The molecule has 146 valence electrons. The number of rotatable bonds is 4. The van der Waals surface area contributed by atoms with Crippen molar-refractivity contribution in [3.8, 4) is 0 Å². The molecule has 0 unspecified atom stereocenters. The second-order valence-corrected chi connectivity index (χ2v) is 7.82. The summed E-state index contributed by atoms with van der Waals surface area (Å²) in [4.78, 5) is 17.4. The number of thiazole rings is 1. The van der Waals surface area contributed by atoms with E-state index in [4.69, 9.17) is 11.6 Å². The van der Waals surface area contributed by atoms with Crippen molar-refractivity contribution in [1.29, 1.82) is 0 Å². The quantitative estimate of drug-likeness (QED) is 0.536. The lowest BCUT2D eigenvalue weighted by molar-refractivity contribution is -0.137. The fraction of sp³-hybridized carbons (Fsp3) is 0.200. The van der Waals surface area contributed by atoms with Crippen LogP contribution in [0.4, 0.5) is 18.3 Å². The fourth-order valence-corrected chi connectivity index (χ4v) is 3.74. The minimum absolute atomic E-state index is 0.201. The van der Waals surface area contributed by atoms with E-state index in [0.29, 0.717) is 22.0 Å². The van der Waals surface area contributed by atoms with Gasteiger partial charge in [-0.15, -0.1) is 11.3 Å². The molecule has 8 heteroatoms. The summed E-state index contributed by atoms with van der Waals surface area (Å²) in [5, 5.41) is 3.38. The molecule has 2 aromatic carbocycles. The summed E-state index contributed by atoms with van der Waals surface area (Å²) in [7, 11) is 0. The molecule has 0 aliphatic rings. The van der Waals surface area contributed by atoms with Crippen molar-refractivity contribution in [1.82, 2.24) is 4.98 Å². The maximum Gasteiger partial charge on any atom is 0.416 e. The lowest BCUT2D eigenvalue weighted by Crippen LogP contribution is -2.11. The van der Waals surface area contributed by atoms with Crippen LogP contribution in [0.1, 0.15) is 37.6 Å². The Kier molecular flexibility index (Phi) is 5.76. The molecule has 0 saturated heterocycles. The number of carbonyl (C=O) groups is 1. The van der Waals surface area contributed by atoms with Gasteiger partial charge in [0.25, 0.3) is 5.91 Å². The molecule has 0 aliphatic carbocycles. The van der Waals surface area contributed by atoms with Gasteiger partial charge in [0.2, 0.25) is 0 Å². The van der Waals surface area contributed by atoms with E-state index in [-0.39, 0.29) is 17.4 Å². The summed E-state index contributed by atoms with van der Waals surface area (Å²) in [6.07, 6.45) is -4.23. The number of amides is 1. The number of hydrogen-bond acceptors (Lipinski definition) is 3. The zero-order valence-electron chi connectivity index (χ0n) is 15.0. The fourth-order valence-electron chi connectivity index (χ4n) is 2.58. The molecule has 0 saturated carbocycles. The van der Waals surface area contributed by atoms with Gasteiger partial charge in [0, 0.05) is 21.9 Å². The van der Waals surface area contributed by atoms with Crippen LogP contribution in [0.3, 0.4) is 0 Å². The molecule has 0 radical (unpaired) electrons. The van der Waals surface area contributed by atoms with Crippen LogP contribution < -0.4 is 5.32 Å².